The topological polar surface area (TPSA) is 122 Å². The second-order valence-corrected chi connectivity index (χ2v) is 10.1. The number of carbonyl (C=O) groups is 1. The van der Waals surface area contributed by atoms with Crippen LogP contribution < -0.4 is 10.1 Å². The van der Waals surface area contributed by atoms with Gasteiger partial charge in [0.2, 0.25) is 10.0 Å². The van der Waals surface area contributed by atoms with E-state index >= 15 is 0 Å². The molecule has 0 radical (unpaired) electrons. The maximum absolute atomic E-state index is 13.0. The Morgan fingerprint density at radius 3 is 2.36 bits per heavy atom. The molecule has 0 bridgehead atoms. The van der Waals surface area contributed by atoms with E-state index in [0.29, 0.717) is 5.92 Å². The number of amides is 2. The predicted octanol–water partition coefficient (Wildman–Crippen LogP) is 2.77. The van der Waals surface area contributed by atoms with Crippen LogP contribution in [0.15, 0.2) is 53.4 Å². The van der Waals surface area contributed by atoms with Gasteiger partial charge in [0.15, 0.2) is 5.75 Å². The van der Waals surface area contributed by atoms with Gasteiger partial charge in [-0.25, -0.2) is 13.2 Å². The monoisotopic (exact) mass is 474 g/mol. The van der Waals surface area contributed by atoms with E-state index in [1.165, 1.54) is 23.5 Å². The maximum Gasteiger partial charge on any atom is 0.317 e. The molecule has 1 aliphatic heterocycles. The second-order valence-electron chi connectivity index (χ2n) is 8.16. The molecular formula is C22H26N4O6S. The number of carbonyl (C=O) groups excluding carboxylic acids is 1. The van der Waals surface area contributed by atoms with Crippen molar-refractivity contribution in [2.75, 3.05) is 33.3 Å². The van der Waals surface area contributed by atoms with Gasteiger partial charge in [-0.1, -0.05) is 30.3 Å². The van der Waals surface area contributed by atoms with E-state index in [-0.39, 0.29) is 48.9 Å². The molecule has 1 N–H and O–H groups in total. The molecule has 2 aliphatic rings. The number of urea groups is 1. The Bertz CT molecular complexity index is 1130. The van der Waals surface area contributed by atoms with Gasteiger partial charge in [-0.05, 0) is 36.5 Å². The van der Waals surface area contributed by atoms with E-state index in [0.717, 1.165) is 24.5 Å². The summed E-state index contributed by atoms with van der Waals surface area (Å²) in [4.78, 5) is 24.9. The summed E-state index contributed by atoms with van der Waals surface area (Å²) >= 11 is 0. The molecule has 4 rings (SSSR count). The minimum atomic E-state index is -3.95. The number of sulfonamides is 1. The summed E-state index contributed by atoms with van der Waals surface area (Å²) in [5.41, 5.74) is 0.652. The van der Waals surface area contributed by atoms with E-state index in [9.17, 15) is 23.3 Å². The average molecular weight is 475 g/mol. The summed E-state index contributed by atoms with van der Waals surface area (Å²) in [5.74, 6) is 0.410. The molecule has 1 unspecified atom stereocenters. The Balaban J connectivity index is 1.41. The van der Waals surface area contributed by atoms with Crippen LogP contribution in [-0.4, -0.2) is 61.9 Å². The van der Waals surface area contributed by atoms with Crippen molar-refractivity contribution in [2.45, 2.75) is 23.8 Å². The highest BCUT2D eigenvalue weighted by atomic mass is 32.2. The van der Waals surface area contributed by atoms with Crippen molar-refractivity contribution in [3.63, 3.8) is 0 Å². The number of methoxy groups -OCH3 is 1. The fourth-order valence-electron chi connectivity index (χ4n) is 4.04. The molecule has 2 aromatic rings. The highest BCUT2D eigenvalue weighted by molar-refractivity contribution is 7.89. The number of hydrogen-bond acceptors (Lipinski definition) is 6. The first kappa shape index (κ1) is 23.0. The first-order valence-electron chi connectivity index (χ1n) is 10.7. The van der Waals surface area contributed by atoms with Crippen LogP contribution in [0.2, 0.25) is 0 Å². The molecule has 176 valence electrons. The van der Waals surface area contributed by atoms with Crippen molar-refractivity contribution in [1.29, 1.82) is 0 Å². The van der Waals surface area contributed by atoms with Crippen molar-refractivity contribution < 1.29 is 22.9 Å². The smallest absolute Gasteiger partial charge is 0.317 e. The number of hydrogen-bond donors (Lipinski definition) is 1. The van der Waals surface area contributed by atoms with Crippen molar-refractivity contribution in [2.24, 2.45) is 5.92 Å². The molecule has 1 saturated heterocycles. The van der Waals surface area contributed by atoms with E-state index in [1.54, 1.807) is 4.90 Å². The molecule has 2 fully saturated rings. The van der Waals surface area contributed by atoms with Crippen LogP contribution in [0.25, 0.3) is 0 Å². The molecule has 1 heterocycles. The first-order chi connectivity index (χ1) is 15.8. The number of rotatable bonds is 7. The first-order valence-corrected chi connectivity index (χ1v) is 12.2. The standard InChI is InChI=1S/C22H26N4O6S/c1-32-20-10-9-18(15-19(20)26(28)29)33(30,31)25-13-11-24(12-14-25)22(27)23-21(17-7-8-17)16-5-3-2-4-6-16/h2-6,9-10,15,17,21H,7-8,11-14H2,1H3,(H,23,27). The van der Waals surface area contributed by atoms with E-state index in [1.807, 2.05) is 30.3 Å². The normalized spacial score (nSPS) is 17.9. The summed E-state index contributed by atoms with van der Waals surface area (Å²) in [6.45, 7) is 0.676. The third-order valence-electron chi connectivity index (χ3n) is 6.04. The van der Waals surface area contributed by atoms with Gasteiger partial charge < -0.3 is 15.0 Å². The minimum Gasteiger partial charge on any atom is -0.490 e. The zero-order valence-corrected chi connectivity index (χ0v) is 19.0. The summed E-state index contributed by atoms with van der Waals surface area (Å²) in [7, 11) is -2.66. The van der Waals surface area contributed by atoms with Crippen LogP contribution in [0, 0.1) is 16.0 Å². The summed E-state index contributed by atoms with van der Waals surface area (Å²) in [6, 6.07) is 13.1. The Hall–Kier alpha value is -3.18. The Labute approximate surface area is 192 Å². The zero-order chi connectivity index (χ0) is 23.6. The van der Waals surface area contributed by atoms with Gasteiger partial charge in [0.05, 0.1) is 23.0 Å². The molecule has 2 amide bonds. The quantitative estimate of drug-likeness (QED) is 0.486. The van der Waals surface area contributed by atoms with E-state index in [4.69, 9.17) is 4.74 Å². The average Bonchev–Trinajstić information content (AvgIpc) is 3.68. The molecule has 0 spiro atoms. The van der Waals surface area contributed by atoms with Gasteiger partial charge in [-0.3, -0.25) is 10.1 Å². The van der Waals surface area contributed by atoms with E-state index < -0.39 is 20.6 Å². The van der Waals surface area contributed by atoms with Gasteiger partial charge >= 0.3 is 11.7 Å². The lowest BCUT2D eigenvalue weighted by Gasteiger charge is -2.35. The zero-order valence-electron chi connectivity index (χ0n) is 18.2. The summed E-state index contributed by atoms with van der Waals surface area (Å²) in [5, 5.41) is 14.4. The van der Waals surface area contributed by atoms with Crippen LogP contribution in [0.1, 0.15) is 24.4 Å². The van der Waals surface area contributed by atoms with Crippen molar-refractivity contribution >= 4 is 21.7 Å². The lowest BCUT2D eigenvalue weighted by molar-refractivity contribution is -0.386. The SMILES string of the molecule is COc1ccc(S(=O)(=O)N2CCN(C(=O)NC(c3ccccc3)C3CC3)CC2)cc1[N+](=O)[O-]. The Morgan fingerprint density at radius 2 is 1.79 bits per heavy atom. The Kier molecular flexibility index (Phi) is 6.52. The van der Waals surface area contributed by atoms with Crippen LogP contribution in [0.5, 0.6) is 5.75 Å². The van der Waals surface area contributed by atoms with Crippen molar-refractivity contribution in [1.82, 2.24) is 14.5 Å². The number of nitrogens with zero attached hydrogens (tertiary/aromatic N) is 3. The van der Waals surface area contributed by atoms with Gasteiger partial charge in [0.25, 0.3) is 0 Å². The lowest BCUT2D eigenvalue weighted by atomic mass is 10.0. The molecular weight excluding hydrogens is 448 g/mol. The molecule has 11 heteroatoms. The highest BCUT2D eigenvalue weighted by Crippen LogP contribution is 2.41. The third-order valence-corrected chi connectivity index (χ3v) is 7.94. The van der Waals surface area contributed by atoms with Gasteiger partial charge in [-0.15, -0.1) is 0 Å². The number of ether oxygens (including phenoxy) is 1. The number of benzene rings is 2. The second kappa shape index (κ2) is 9.36. The maximum atomic E-state index is 13.0. The van der Waals surface area contributed by atoms with Crippen LogP contribution in [0.4, 0.5) is 10.5 Å². The fraction of sp³-hybridized carbons (Fsp3) is 0.409. The molecule has 0 aromatic heterocycles. The number of nitro benzene ring substituents is 1. The minimum absolute atomic E-state index is 0.0101. The summed E-state index contributed by atoms with van der Waals surface area (Å²) < 4.78 is 32.3. The fourth-order valence-corrected chi connectivity index (χ4v) is 5.48. The molecule has 1 atom stereocenters. The van der Waals surface area contributed by atoms with Crippen LogP contribution >= 0.6 is 0 Å². The third kappa shape index (κ3) is 4.93. The number of nitrogens with one attached hydrogen (secondary N) is 1. The molecule has 10 nitrogen and oxygen atoms in total. The number of nitro groups is 1. The highest BCUT2D eigenvalue weighted by Gasteiger charge is 2.36. The van der Waals surface area contributed by atoms with E-state index in [2.05, 4.69) is 5.32 Å². The Morgan fingerprint density at radius 1 is 1.12 bits per heavy atom. The largest absolute Gasteiger partial charge is 0.490 e. The van der Waals surface area contributed by atoms with Gasteiger partial charge in [-0.2, -0.15) is 4.31 Å². The molecule has 1 aliphatic carbocycles. The van der Waals surface area contributed by atoms with Crippen molar-refractivity contribution in [3.05, 3.63) is 64.2 Å². The van der Waals surface area contributed by atoms with Gasteiger partial charge in [0, 0.05) is 32.2 Å². The predicted molar refractivity (Wildman–Crippen MR) is 120 cm³/mol. The van der Waals surface area contributed by atoms with Gasteiger partial charge in [0.1, 0.15) is 0 Å². The van der Waals surface area contributed by atoms with Crippen molar-refractivity contribution in [3.8, 4) is 5.75 Å². The molecule has 2 aromatic carbocycles. The molecule has 1 saturated carbocycles. The number of piperazine rings is 1. The van der Waals surface area contributed by atoms with Crippen LogP contribution in [-0.2, 0) is 10.0 Å². The summed E-state index contributed by atoms with van der Waals surface area (Å²) in [6.07, 6.45) is 2.14. The van der Waals surface area contributed by atoms with Crippen LogP contribution in [0.3, 0.4) is 0 Å². The lowest BCUT2D eigenvalue weighted by Crippen LogP contribution is -2.53. The molecule has 33 heavy (non-hydrogen) atoms.